The SMILES string of the molecule is Fc1ccc(CNc2ncnc(Nc3cc(C4CC4)[nH]n3)n2)c(Cl)c1. The summed E-state index contributed by atoms with van der Waals surface area (Å²) in [5.41, 5.74) is 1.88. The lowest BCUT2D eigenvalue weighted by atomic mass is 10.2. The van der Waals surface area contributed by atoms with E-state index in [1.54, 1.807) is 6.07 Å². The van der Waals surface area contributed by atoms with Crippen LogP contribution in [0.1, 0.15) is 30.0 Å². The lowest BCUT2D eigenvalue weighted by molar-refractivity contribution is 0.627. The van der Waals surface area contributed by atoms with Crippen molar-refractivity contribution in [3.05, 3.63) is 52.7 Å². The molecule has 3 N–H and O–H groups in total. The lowest BCUT2D eigenvalue weighted by Gasteiger charge is -2.07. The third-order valence-corrected chi connectivity index (χ3v) is 4.23. The maximum Gasteiger partial charge on any atom is 0.233 e. The van der Waals surface area contributed by atoms with Crippen LogP contribution in [-0.4, -0.2) is 25.1 Å². The van der Waals surface area contributed by atoms with Gasteiger partial charge in [0.25, 0.3) is 0 Å². The van der Waals surface area contributed by atoms with Gasteiger partial charge in [0.05, 0.1) is 0 Å². The zero-order valence-electron chi connectivity index (χ0n) is 13.1. The van der Waals surface area contributed by atoms with E-state index in [1.807, 2.05) is 6.07 Å². The smallest absolute Gasteiger partial charge is 0.233 e. The summed E-state index contributed by atoms with van der Waals surface area (Å²) in [5, 5.41) is 13.7. The topological polar surface area (TPSA) is 91.4 Å². The summed E-state index contributed by atoms with van der Waals surface area (Å²) in [5.74, 6) is 1.66. The molecule has 1 fully saturated rings. The first-order chi connectivity index (χ1) is 12.2. The Hall–Kier alpha value is -2.74. The van der Waals surface area contributed by atoms with E-state index in [9.17, 15) is 4.39 Å². The quantitative estimate of drug-likeness (QED) is 0.622. The van der Waals surface area contributed by atoms with Gasteiger partial charge in [0, 0.05) is 29.2 Å². The Kier molecular flexibility index (Phi) is 4.19. The molecule has 0 atom stereocenters. The average Bonchev–Trinajstić information content (AvgIpc) is 3.35. The molecule has 0 saturated heterocycles. The van der Waals surface area contributed by atoms with E-state index < -0.39 is 0 Å². The summed E-state index contributed by atoms with van der Waals surface area (Å²) in [6.07, 6.45) is 3.80. The molecule has 0 bridgehead atoms. The van der Waals surface area contributed by atoms with Crippen molar-refractivity contribution in [3.63, 3.8) is 0 Å². The van der Waals surface area contributed by atoms with Gasteiger partial charge >= 0.3 is 0 Å². The molecule has 0 unspecified atom stereocenters. The molecular weight excluding hydrogens is 345 g/mol. The number of aromatic amines is 1. The number of nitrogens with one attached hydrogen (secondary N) is 3. The molecule has 0 spiro atoms. The molecule has 25 heavy (non-hydrogen) atoms. The molecular formula is C16H15ClFN7. The van der Waals surface area contributed by atoms with Crippen molar-refractivity contribution in [2.24, 2.45) is 0 Å². The van der Waals surface area contributed by atoms with Gasteiger partial charge in [-0.15, -0.1) is 0 Å². The number of nitrogens with zero attached hydrogens (tertiary/aromatic N) is 4. The second kappa shape index (κ2) is 6.64. The van der Waals surface area contributed by atoms with E-state index in [1.165, 1.54) is 31.3 Å². The van der Waals surface area contributed by atoms with Gasteiger partial charge in [-0.2, -0.15) is 10.1 Å². The van der Waals surface area contributed by atoms with E-state index in [0.717, 1.165) is 11.3 Å². The van der Waals surface area contributed by atoms with Gasteiger partial charge in [0.15, 0.2) is 5.82 Å². The summed E-state index contributed by atoms with van der Waals surface area (Å²) >= 11 is 6.01. The summed E-state index contributed by atoms with van der Waals surface area (Å²) < 4.78 is 13.1. The van der Waals surface area contributed by atoms with Crippen molar-refractivity contribution >= 4 is 29.3 Å². The third kappa shape index (κ3) is 3.85. The number of hydrogen-bond acceptors (Lipinski definition) is 6. The third-order valence-electron chi connectivity index (χ3n) is 3.88. The molecule has 4 rings (SSSR count). The van der Waals surface area contributed by atoms with E-state index in [2.05, 4.69) is 35.8 Å². The number of hydrogen-bond donors (Lipinski definition) is 3. The van der Waals surface area contributed by atoms with Gasteiger partial charge < -0.3 is 10.6 Å². The lowest BCUT2D eigenvalue weighted by Crippen LogP contribution is -2.07. The molecule has 2 heterocycles. The standard InChI is InChI=1S/C16H15ClFN7/c17-12-5-11(18)4-3-10(12)7-19-15-20-8-21-16(23-15)22-14-6-13(24-25-14)9-1-2-9/h3-6,8-9H,1-2,7H2,(H3,19,20,21,22,23,24,25). The normalized spacial score (nSPS) is 13.7. The molecule has 0 radical (unpaired) electrons. The monoisotopic (exact) mass is 359 g/mol. The number of anilines is 3. The fraction of sp³-hybridized carbons (Fsp3) is 0.250. The largest absolute Gasteiger partial charge is 0.350 e. The Morgan fingerprint density at radius 2 is 2.04 bits per heavy atom. The van der Waals surface area contributed by atoms with Crippen LogP contribution in [0.15, 0.2) is 30.6 Å². The minimum Gasteiger partial charge on any atom is -0.350 e. The van der Waals surface area contributed by atoms with Crippen LogP contribution in [-0.2, 0) is 6.54 Å². The van der Waals surface area contributed by atoms with Gasteiger partial charge in [-0.1, -0.05) is 17.7 Å². The van der Waals surface area contributed by atoms with Crippen LogP contribution in [0.2, 0.25) is 5.02 Å². The Labute approximate surface area is 148 Å². The van der Waals surface area contributed by atoms with Crippen molar-refractivity contribution in [1.29, 1.82) is 0 Å². The number of benzene rings is 1. The van der Waals surface area contributed by atoms with Crippen molar-refractivity contribution in [3.8, 4) is 0 Å². The number of aromatic nitrogens is 5. The minimum atomic E-state index is -0.370. The first-order valence-corrected chi connectivity index (χ1v) is 8.24. The van der Waals surface area contributed by atoms with Crippen LogP contribution in [0.25, 0.3) is 0 Å². The van der Waals surface area contributed by atoms with Crippen LogP contribution >= 0.6 is 11.6 Å². The summed E-state index contributed by atoms with van der Waals surface area (Å²) in [4.78, 5) is 12.4. The van der Waals surface area contributed by atoms with Crippen molar-refractivity contribution < 1.29 is 4.39 Å². The Morgan fingerprint density at radius 1 is 1.20 bits per heavy atom. The maximum absolute atomic E-state index is 13.1. The number of rotatable bonds is 6. The highest BCUT2D eigenvalue weighted by molar-refractivity contribution is 6.31. The van der Waals surface area contributed by atoms with Crippen LogP contribution in [0.3, 0.4) is 0 Å². The number of halogens is 2. The summed E-state index contributed by atoms with van der Waals surface area (Å²) in [6.45, 7) is 0.372. The fourth-order valence-corrected chi connectivity index (χ4v) is 2.63. The highest BCUT2D eigenvalue weighted by atomic mass is 35.5. The maximum atomic E-state index is 13.1. The highest BCUT2D eigenvalue weighted by Gasteiger charge is 2.25. The second-order valence-corrected chi connectivity index (χ2v) is 6.24. The van der Waals surface area contributed by atoms with Gasteiger partial charge in [0.2, 0.25) is 11.9 Å². The number of H-pyrrole nitrogens is 1. The molecule has 7 nitrogen and oxygen atoms in total. The Morgan fingerprint density at radius 3 is 2.84 bits per heavy atom. The van der Waals surface area contributed by atoms with E-state index >= 15 is 0 Å². The van der Waals surface area contributed by atoms with Crippen molar-refractivity contribution in [1.82, 2.24) is 25.1 Å². The molecule has 9 heteroatoms. The van der Waals surface area contributed by atoms with Crippen LogP contribution < -0.4 is 10.6 Å². The molecule has 3 aromatic rings. The van der Waals surface area contributed by atoms with Crippen molar-refractivity contribution in [2.75, 3.05) is 10.6 Å². The van der Waals surface area contributed by atoms with Crippen LogP contribution in [0, 0.1) is 5.82 Å². The van der Waals surface area contributed by atoms with E-state index in [4.69, 9.17) is 11.6 Å². The zero-order chi connectivity index (χ0) is 17.2. The average molecular weight is 360 g/mol. The van der Waals surface area contributed by atoms with Gasteiger partial charge in [0.1, 0.15) is 12.1 Å². The van der Waals surface area contributed by atoms with Crippen LogP contribution in [0.5, 0.6) is 0 Å². The summed E-state index contributed by atoms with van der Waals surface area (Å²) in [6, 6.07) is 6.22. The molecule has 128 valence electrons. The molecule has 0 aliphatic heterocycles. The molecule has 1 aliphatic carbocycles. The second-order valence-electron chi connectivity index (χ2n) is 5.83. The summed E-state index contributed by atoms with van der Waals surface area (Å²) in [7, 11) is 0. The predicted octanol–water partition coefficient (Wildman–Crippen LogP) is 3.62. The molecule has 2 aromatic heterocycles. The molecule has 0 amide bonds. The first-order valence-electron chi connectivity index (χ1n) is 7.86. The molecule has 1 aromatic carbocycles. The van der Waals surface area contributed by atoms with E-state index in [0.29, 0.717) is 35.2 Å². The molecule has 1 saturated carbocycles. The van der Waals surface area contributed by atoms with Crippen LogP contribution in [0.4, 0.5) is 22.1 Å². The Balaban J connectivity index is 1.41. The van der Waals surface area contributed by atoms with Crippen molar-refractivity contribution in [2.45, 2.75) is 25.3 Å². The molecule has 1 aliphatic rings. The predicted molar refractivity (Wildman–Crippen MR) is 92.4 cm³/mol. The Bertz CT molecular complexity index is 894. The minimum absolute atomic E-state index is 0.351. The highest BCUT2D eigenvalue weighted by Crippen LogP contribution is 2.39. The first kappa shape index (κ1) is 15.8. The van der Waals surface area contributed by atoms with Gasteiger partial charge in [-0.3, -0.25) is 5.10 Å². The van der Waals surface area contributed by atoms with Gasteiger partial charge in [-0.25, -0.2) is 14.4 Å². The fourth-order valence-electron chi connectivity index (χ4n) is 2.40. The van der Waals surface area contributed by atoms with Gasteiger partial charge in [-0.05, 0) is 30.5 Å². The van der Waals surface area contributed by atoms with E-state index in [-0.39, 0.29) is 5.82 Å². The zero-order valence-corrected chi connectivity index (χ0v) is 13.9.